The molecule has 64 valence electrons. The molecule has 11 heavy (non-hydrogen) atoms. The topological polar surface area (TPSA) is 58.6 Å². The molecule has 0 saturated carbocycles. The quantitative estimate of drug-likeness (QED) is 0.530. The van der Waals surface area contributed by atoms with E-state index in [4.69, 9.17) is 4.74 Å². The number of rotatable bonds is 1. The van der Waals surface area contributed by atoms with Crippen LogP contribution in [0.15, 0.2) is 0 Å². The highest BCUT2D eigenvalue weighted by Gasteiger charge is 2.23. The van der Waals surface area contributed by atoms with Crippen molar-refractivity contribution in [1.29, 1.82) is 0 Å². The van der Waals surface area contributed by atoms with Crippen molar-refractivity contribution < 1.29 is 14.6 Å². The maximum absolute atomic E-state index is 10.6. The van der Waals surface area contributed by atoms with Crippen LogP contribution >= 0.6 is 0 Å². The highest BCUT2D eigenvalue weighted by atomic mass is 16.5. The van der Waals surface area contributed by atoms with Gasteiger partial charge in [-0.25, -0.2) is 0 Å². The second-order valence-electron chi connectivity index (χ2n) is 2.74. The predicted molar refractivity (Wildman–Crippen MR) is 39.0 cm³/mol. The Morgan fingerprint density at radius 2 is 2.45 bits per heavy atom. The van der Waals surface area contributed by atoms with Crippen molar-refractivity contribution >= 4 is 5.91 Å². The molecule has 2 atom stereocenters. The number of aliphatic hydroxyl groups is 1. The first-order chi connectivity index (χ1) is 5.20. The normalized spacial score (nSPS) is 31.5. The fourth-order valence-corrected chi connectivity index (χ4v) is 1.15. The summed E-state index contributed by atoms with van der Waals surface area (Å²) in [6, 6.07) is -0.124. The summed E-state index contributed by atoms with van der Waals surface area (Å²) >= 11 is 0. The summed E-state index contributed by atoms with van der Waals surface area (Å²) in [5.41, 5.74) is 0. The second kappa shape index (κ2) is 3.69. The Morgan fingerprint density at radius 3 is 3.00 bits per heavy atom. The summed E-state index contributed by atoms with van der Waals surface area (Å²) in [7, 11) is 0. The summed E-state index contributed by atoms with van der Waals surface area (Å²) < 4.78 is 4.99. The minimum absolute atomic E-state index is 0.101. The third-order valence-electron chi connectivity index (χ3n) is 1.71. The molecule has 1 aliphatic heterocycles. The van der Waals surface area contributed by atoms with Crippen LogP contribution in [-0.2, 0) is 9.53 Å². The molecule has 4 nitrogen and oxygen atoms in total. The summed E-state index contributed by atoms with van der Waals surface area (Å²) in [6.45, 7) is 2.38. The molecule has 0 aromatic heterocycles. The van der Waals surface area contributed by atoms with Crippen molar-refractivity contribution in [2.45, 2.75) is 25.5 Å². The fraction of sp³-hybridized carbons (Fsp3) is 0.857. The lowest BCUT2D eigenvalue weighted by Crippen LogP contribution is -2.48. The van der Waals surface area contributed by atoms with Crippen LogP contribution in [0.3, 0.4) is 0 Å². The Labute approximate surface area is 65.5 Å². The van der Waals surface area contributed by atoms with Crippen molar-refractivity contribution in [3.63, 3.8) is 0 Å². The van der Waals surface area contributed by atoms with E-state index in [9.17, 15) is 9.90 Å². The third kappa shape index (κ3) is 2.48. The van der Waals surface area contributed by atoms with Crippen LogP contribution in [0.5, 0.6) is 0 Å². The molecular weight excluding hydrogens is 146 g/mol. The molecule has 0 spiro atoms. The molecule has 1 rings (SSSR count). The zero-order valence-corrected chi connectivity index (χ0v) is 6.54. The Kier molecular flexibility index (Phi) is 2.84. The van der Waals surface area contributed by atoms with E-state index in [1.54, 1.807) is 0 Å². The highest BCUT2D eigenvalue weighted by molar-refractivity contribution is 5.73. The average Bonchev–Trinajstić information content (AvgIpc) is 1.93. The predicted octanol–water partition coefficient (Wildman–Crippen LogP) is -0.728. The molecule has 1 fully saturated rings. The molecular formula is C7H13NO3. The van der Waals surface area contributed by atoms with E-state index in [-0.39, 0.29) is 11.9 Å². The molecule has 4 heteroatoms. The third-order valence-corrected chi connectivity index (χ3v) is 1.71. The smallest absolute Gasteiger partial charge is 0.217 e. The van der Waals surface area contributed by atoms with Gasteiger partial charge in [0.2, 0.25) is 5.91 Å². The van der Waals surface area contributed by atoms with Crippen molar-refractivity contribution in [3.8, 4) is 0 Å². The van der Waals surface area contributed by atoms with E-state index in [0.29, 0.717) is 19.6 Å². The largest absolute Gasteiger partial charge is 0.389 e. The van der Waals surface area contributed by atoms with Crippen LogP contribution in [0.25, 0.3) is 0 Å². The lowest BCUT2D eigenvalue weighted by molar-refractivity contribution is -0.122. The zero-order valence-electron chi connectivity index (χ0n) is 6.54. The molecule has 1 amide bonds. The Bertz CT molecular complexity index is 149. The van der Waals surface area contributed by atoms with Crippen LogP contribution in [0.2, 0.25) is 0 Å². The number of carbonyl (C=O) groups excluding carboxylic acids is 1. The minimum atomic E-state index is -0.548. The summed E-state index contributed by atoms with van der Waals surface area (Å²) in [6.07, 6.45) is 0.147. The molecule has 1 saturated heterocycles. The van der Waals surface area contributed by atoms with Gasteiger partial charge in [0, 0.05) is 13.5 Å². The lowest BCUT2D eigenvalue weighted by Gasteiger charge is -2.27. The number of hydrogen-bond acceptors (Lipinski definition) is 3. The zero-order chi connectivity index (χ0) is 8.27. The highest BCUT2D eigenvalue weighted by Crippen LogP contribution is 2.06. The number of hydrogen-bond donors (Lipinski definition) is 2. The Balaban J connectivity index is 2.35. The van der Waals surface area contributed by atoms with Crippen LogP contribution in [0.4, 0.5) is 0 Å². The van der Waals surface area contributed by atoms with Gasteiger partial charge in [-0.1, -0.05) is 0 Å². The maximum atomic E-state index is 10.6. The van der Waals surface area contributed by atoms with Crippen molar-refractivity contribution in [1.82, 2.24) is 5.32 Å². The first-order valence-electron chi connectivity index (χ1n) is 3.73. The van der Waals surface area contributed by atoms with Gasteiger partial charge in [0.25, 0.3) is 0 Å². The Hall–Kier alpha value is -0.610. The molecule has 0 aromatic carbocycles. The van der Waals surface area contributed by atoms with E-state index in [1.807, 2.05) is 0 Å². The van der Waals surface area contributed by atoms with E-state index >= 15 is 0 Å². The monoisotopic (exact) mass is 159 g/mol. The summed E-state index contributed by atoms with van der Waals surface area (Å²) in [4.78, 5) is 10.6. The molecule has 2 N–H and O–H groups in total. The SMILES string of the molecule is CC(=O)N[C@H]1CCOC[C@@H]1O. The van der Waals surface area contributed by atoms with Crippen molar-refractivity contribution in [2.24, 2.45) is 0 Å². The molecule has 0 radical (unpaired) electrons. The maximum Gasteiger partial charge on any atom is 0.217 e. The van der Waals surface area contributed by atoms with Crippen LogP contribution < -0.4 is 5.32 Å². The Morgan fingerprint density at radius 1 is 1.73 bits per heavy atom. The van der Waals surface area contributed by atoms with Gasteiger partial charge in [-0.05, 0) is 6.42 Å². The van der Waals surface area contributed by atoms with E-state index in [1.165, 1.54) is 6.92 Å². The molecule has 1 aliphatic rings. The standard InChI is InChI=1S/C7H13NO3/c1-5(9)8-6-2-3-11-4-7(6)10/h6-7,10H,2-4H2,1H3,(H,8,9)/t6-,7-/m0/s1. The molecule has 0 unspecified atom stereocenters. The number of nitrogens with one attached hydrogen (secondary N) is 1. The summed E-state index contributed by atoms with van der Waals surface area (Å²) in [5.74, 6) is -0.101. The van der Waals surface area contributed by atoms with Crippen LogP contribution in [0.1, 0.15) is 13.3 Å². The van der Waals surface area contributed by atoms with Gasteiger partial charge in [-0.3, -0.25) is 4.79 Å². The molecule has 1 heterocycles. The lowest BCUT2D eigenvalue weighted by atomic mass is 10.1. The van der Waals surface area contributed by atoms with Crippen molar-refractivity contribution in [3.05, 3.63) is 0 Å². The van der Waals surface area contributed by atoms with Gasteiger partial charge in [-0.15, -0.1) is 0 Å². The van der Waals surface area contributed by atoms with E-state index in [0.717, 1.165) is 0 Å². The summed E-state index contributed by atoms with van der Waals surface area (Å²) in [5, 5.41) is 11.9. The molecule has 0 aliphatic carbocycles. The van der Waals surface area contributed by atoms with Gasteiger partial charge >= 0.3 is 0 Å². The molecule has 0 aromatic rings. The van der Waals surface area contributed by atoms with Gasteiger partial charge in [0.05, 0.1) is 18.8 Å². The van der Waals surface area contributed by atoms with E-state index in [2.05, 4.69) is 5.32 Å². The molecule has 0 bridgehead atoms. The van der Waals surface area contributed by atoms with Gasteiger partial charge in [0.15, 0.2) is 0 Å². The fourth-order valence-electron chi connectivity index (χ4n) is 1.15. The van der Waals surface area contributed by atoms with Crippen molar-refractivity contribution in [2.75, 3.05) is 13.2 Å². The van der Waals surface area contributed by atoms with E-state index < -0.39 is 6.10 Å². The van der Waals surface area contributed by atoms with Gasteiger partial charge in [-0.2, -0.15) is 0 Å². The second-order valence-corrected chi connectivity index (χ2v) is 2.74. The van der Waals surface area contributed by atoms with Crippen LogP contribution in [0, 0.1) is 0 Å². The number of amides is 1. The van der Waals surface area contributed by atoms with Gasteiger partial charge in [0.1, 0.15) is 0 Å². The number of aliphatic hydroxyl groups excluding tert-OH is 1. The minimum Gasteiger partial charge on any atom is -0.389 e. The first-order valence-corrected chi connectivity index (χ1v) is 3.73. The first kappa shape index (κ1) is 8.49. The average molecular weight is 159 g/mol. The number of carbonyl (C=O) groups is 1. The van der Waals surface area contributed by atoms with Gasteiger partial charge < -0.3 is 15.2 Å². The van der Waals surface area contributed by atoms with Crippen LogP contribution in [-0.4, -0.2) is 36.4 Å². The number of ether oxygens (including phenoxy) is 1.